The summed E-state index contributed by atoms with van der Waals surface area (Å²) in [6.07, 6.45) is 0. The summed E-state index contributed by atoms with van der Waals surface area (Å²) in [6, 6.07) is 19.4. The van der Waals surface area contributed by atoms with Crippen LogP contribution < -0.4 is 10.6 Å². The number of carbonyl (C=O) groups is 2. The lowest BCUT2D eigenvalue weighted by molar-refractivity contribution is 0.0902. The minimum Gasteiger partial charge on any atom is -0.453 e. The van der Waals surface area contributed by atoms with E-state index in [0.29, 0.717) is 23.6 Å². The first-order chi connectivity index (χ1) is 13.6. The number of hydrogen-bond acceptors (Lipinski definition) is 4. The second-order valence-corrected chi connectivity index (χ2v) is 6.34. The van der Waals surface area contributed by atoms with Crippen molar-refractivity contribution in [3.8, 4) is 0 Å². The van der Waals surface area contributed by atoms with Crippen LogP contribution in [0, 0.1) is 0 Å². The van der Waals surface area contributed by atoms with Crippen LogP contribution in [0.25, 0.3) is 0 Å². The lowest BCUT2D eigenvalue weighted by Crippen LogP contribution is -2.26. The molecule has 0 saturated carbocycles. The molecule has 3 rings (SSSR count). The number of nitrogens with one attached hydrogen (secondary N) is 2. The Balaban J connectivity index is 1.65. The molecule has 2 N–H and O–H groups in total. The fourth-order valence-electron chi connectivity index (χ4n) is 2.75. The smallest absolute Gasteiger partial charge is 0.287 e. The van der Waals surface area contributed by atoms with E-state index in [-0.39, 0.29) is 23.6 Å². The number of benzene rings is 2. The van der Waals surface area contributed by atoms with Gasteiger partial charge in [-0.15, -0.1) is 0 Å². The minimum absolute atomic E-state index is 0.185. The third-order valence-electron chi connectivity index (χ3n) is 4.20. The highest BCUT2D eigenvalue weighted by Gasteiger charge is 2.15. The molecule has 2 amide bonds. The van der Waals surface area contributed by atoms with E-state index in [1.54, 1.807) is 31.4 Å². The number of methoxy groups -OCH3 is 1. The molecule has 0 saturated heterocycles. The Morgan fingerprint density at radius 1 is 1.00 bits per heavy atom. The van der Waals surface area contributed by atoms with Crippen molar-refractivity contribution in [2.75, 3.05) is 12.4 Å². The molecule has 6 heteroatoms. The van der Waals surface area contributed by atoms with E-state index >= 15 is 0 Å². The Morgan fingerprint density at radius 2 is 1.79 bits per heavy atom. The van der Waals surface area contributed by atoms with Crippen LogP contribution in [0.15, 0.2) is 71.1 Å². The lowest BCUT2D eigenvalue weighted by atomic mass is 10.1. The maximum Gasteiger partial charge on any atom is 0.287 e. The lowest BCUT2D eigenvalue weighted by Gasteiger charge is -2.15. The SMILES string of the molecule is COCc1ccc(C(=O)NC(C)c2cccc(NC(=O)c3ccccc3)c2)o1. The molecule has 0 aliphatic carbocycles. The third kappa shape index (κ3) is 4.86. The van der Waals surface area contributed by atoms with Crippen LogP contribution in [0.4, 0.5) is 5.69 Å². The first-order valence-corrected chi connectivity index (χ1v) is 8.91. The van der Waals surface area contributed by atoms with Gasteiger partial charge in [0.05, 0.1) is 6.04 Å². The van der Waals surface area contributed by atoms with Crippen LogP contribution in [0.2, 0.25) is 0 Å². The van der Waals surface area contributed by atoms with Crippen LogP contribution in [-0.2, 0) is 11.3 Å². The van der Waals surface area contributed by atoms with Crippen molar-refractivity contribution in [1.29, 1.82) is 0 Å². The zero-order valence-corrected chi connectivity index (χ0v) is 15.8. The number of anilines is 1. The fourth-order valence-corrected chi connectivity index (χ4v) is 2.75. The molecule has 2 aromatic carbocycles. The normalized spacial score (nSPS) is 11.6. The molecule has 0 aliphatic heterocycles. The molecule has 144 valence electrons. The van der Waals surface area contributed by atoms with Gasteiger partial charge in [0.15, 0.2) is 5.76 Å². The van der Waals surface area contributed by atoms with Gasteiger partial charge in [-0.3, -0.25) is 9.59 Å². The second-order valence-electron chi connectivity index (χ2n) is 6.34. The number of carbonyl (C=O) groups excluding carboxylic acids is 2. The van der Waals surface area contributed by atoms with E-state index in [0.717, 1.165) is 5.56 Å². The highest BCUT2D eigenvalue weighted by atomic mass is 16.5. The van der Waals surface area contributed by atoms with Crippen molar-refractivity contribution in [3.63, 3.8) is 0 Å². The number of amides is 2. The van der Waals surface area contributed by atoms with Gasteiger partial charge in [-0.2, -0.15) is 0 Å². The Bertz CT molecular complexity index is 950. The minimum atomic E-state index is -0.312. The summed E-state index contributed by atoms with van der Waals surface area (Å²) < 4.78 is 10.4. The summed E-state index contributed by atoms with van der Waals surface area (Å²) >= 11 is 0. The van der Waals surface area contributed by atoms with Gasteiger partial charge in [-0.05, 0) is 48.9 Å². The molecule has 6 nitrogen and oxygen atoms in total. The van der Waals surface area contributed by atoms with Crippen LogP contribution >= 0.6 is 0 Å². The van der Waals surface area contributed by atoms with Crippen LogP contribution in [0.5, 0.6) is 0 Å². The van der Waals surface area contributed by atoms with Crippen molar-refractivity contribution in [2.45, 2.75) is 19.6 Å². The van der Waals surface area contributed by atoms with E-state index in [1.807, 2.05) is 49.4 Å². The van der Waals surface area contributed by atoms with Gasteiger partial charge in [0.2, 0.25) is 0 Å². The maximum absolute atomic E-state index is 12.4. The van der Waals surface area contributed by atoms with Gasteiger partial charge in [0.25, 0.3) is 11.8 Å². The Kier molecular flexibility index (Phi) is 6.24. The Labute approximate surface area is 163 Å². The number of rotatable bonds is 7. The Morgan fingerprint density at radius 3 is 2.54 bits per heavy atom. The molecule has 28 heavy (non-hydrogen) atoms. The molecule has 0 aliphatic rings. The van der Waals surface area contributed by atoms with Crippen molar-refractivity contribution >= 4 is 17.5 Å². The Hall–Kier alpha value is -3.38. The highest BCUT2D eigenvalue weighted by Crippen LogP contribution is 2.19. The van der Waals surface area contributed by atoms with Crippen molar-refractivity contribution in [3.05, 3.63) is 89.4 Å². The molecule has 0 radical (unpaired) electrons. The largest absolute Gasteiger partial charge is 0.453 e. The average molecular weight is 378 g/mol. The van der Waals surface area contributed by atoms with Crippen molar-refractivity contribution < 1.29 is 18.7 Å². The van der Waals surface area contributed by atoms with Gasteiger partial charge in [0.1, 0.15) is 12.4 Å². The van der Waals surface area contributed by atoms with Gasteiger partial charge >= 0.3 is 0 Å². The fraction of sp³-hybridized carbons (Fsp3) is 0.182. The summed E-state index contributed by atoms with van der Waals surface area (Å²) in [5.41, 5.74) is 2.11. The standard InChI is InChI=1S/C22H22N2O4/c1-15(23-22(26)20-12-11-19(28-20)14-27-2)17-9-6-10-18(13-17)24-21(25)16-7-4-3-5-8-16/h3-13,15H,14H2,1-2H3,(H,23,26)(H,24,25). The monoisotopic (exact) mass is 378 g/mol. The molecular formula is C22H22N2O4. The van der Waals surface area contributed by atoms with E-state index in [9.17, 15) is 9.59 Å². The molecule has 0 bridgehead atoms. The summed E-state index contributed by atoms with van der Waals surface area (Å²) in [5, 5.41) is 5.77. The summed E-state index contributed by atoms with van der Waals surface area (Å²) in [5.74, 6) is 0.322. The van der Waals surface area contributed by atoms with Crippen LogP contribution in [-0.4, -0.2) is 18.9 Å². The van der Waals surface area contributed by atoms with Crippen molar-refractivity contribution in [2.24, 2.45) is 0 Å². The van der Waals surface area contributed by atoms with Crippen molar-refractivity contribution in [1.82, 2.24) is 5.32 Å². The van der Waals surface area contributed by atoms with Crippen LogP contribution in [0.3, 0.4) is 0 Å². The predicted molar refractivity (Wildman–Crippen MR) is 106 cm³/mol. The first kappa shape index (κ1) is 19.4. The molecule has 1 aromatic heterocycles. The third-order valence-corrected chi connectivity index (χ3v) is 4.20. The summed E-state index contributed by atoms with van der Waals surface area (Å²) in [6.45, 7) is 2.18. The molecule has 0 fully saturated rings. The van der Waals surface area contributed by atoms with E-state index < -0.39 is 0 Å². The molecule has 1 unspecified atom stereocenters. The summed E-state index contributed by atoms with van der Waals surface area (Å²) in [7, 11) is 1.56. The summed E-state index contributed by atoms with van der Waals surface area (Å²) in [4.78, 5) is 24.7. The van der Waals surface area contributed by atoms with Gasteiger partial charge in [0, 0.05) is 18.4 Å². The zero-order valence-electron chi connectivity index (χ0n) is 15.8. The van der Waals surface area contributed by atoms with Gasteiger partial charge in [-0.1, -0.05) is 30.3 Å². The average Bonchev–Trinajstić information content (AvgIpc) is 3.18. The first-order valence-electron chi connectivity index (χ1n) is 8.91. The number of ether oxygens (including phenoxy) is 1. The van der Waals surface area contributed by atoms with E-state index in [1.165, 1.54) is 0 Å². The quantitative estimate of drug-likeness (QED) is 0.647. The number of furan rings is 1. The number of hydrogen-bond donors (Lipinski definition) is 2. The molecule has 3 aromatic rings. The molecule has 1 atom stereocenters. The molecule has 1 heterocycles. The predicted octanol–water partition coefficient (Wildman–Crippen LogP) is 4.17. The topological polar surface area (TPSA) is 80.6 Å². The van der Waals surface area contributed by atoms with E-state index in [4.69, 9.17) is 9.15 Å². The molecule has 0 spiro atoms. The van der Waals surface area contributed by atoms with Gasteiger partial charge in [-0.25, -0.2) is 0 Å². The maximum atomic E-state index is 12.4. The second kappa shape index (κ2) is 9.01. The highest BCUT2D eigenvalue weighted by molar-refractivity contribution is 6.04. The van der Waals surface area contributed by atoms with Crippen LogP contribution in [0.1, 0.15) is 45.2 Å². The zero-order chi connectivity index (χ0) is 19.9. The van der Waals surface area contributed by atoms with Gasteiger partial charge < -0.3 is 19.8 Å². The molecular weight excluding hydrogens is 356 g/mol. The van der Waals surface area contributed by atoms with E-state index in [2.05, 4.69) is 10.6 Å².